The number of hydrogen-bond acceptors (Lipinski definition) is 3. The van der Waals surface area contributed by atoms with E-state index in [9.17, 15) is 4.79 Å². The molecule has 4 nitrogen and oxygen atoms in total. The normalized spacial score (nSPS) is 17.4. The van der Waals surface area contributed by atoms with Crippen molar-refractivity contribution in [1.82, 2.24) is 4.98 Å². The van der Waals surface area contributed by atoms with E-state index in [0.717, 1.165) is 37.1 Å². The SMILES string of the molecule is CCC1(/C=C/c2ccc(C(CC)(CC)c3cc(C)c(-c4ccc(CC(=O)O)cn4)c(C)c3)cc2C)CO1. The molecule has 2 aromatic carbocycles. The molecule has 1 fully saturated rings. The van der Waals surface area contributed by atoms with Gasteiger partial charge in [-0.05, 0) is 91.1 Å². The number of epoxide rings is 1. The van der Waals surface area contributed by atoms with Crippen LogP contribution in [0.2, 0.25) is 0 Å². The molecule has 0 aliphatic carbocycles. The van der Waals surface area contributed by atoms with E-state index < -0.39 is 5.97 Å². The molecule has 3 aromatic rings. The number of carboxylic acid groups (broad SMARTS) is 1. The Balaban J connectivity index is 1.69. The summed E-state index contributed by atoms with van der Waals surface area (Å²) in [4.78, 5) is 15.6. The van der Waals surface area contributed by atoms with Gasteiger partial charge in [-0.2, -0.15) is 0 Å². The molecule has 1 atom stereocenters. The second-order valence-electron chi connectivity index (χ2n) is 10.5. The Morgan fingerprint density at radius 2 is 1.65 bits per heavy atom. The molecular formula is C33H39NO3. The van der Waals surface area contributed by atoms with Crippen LogP contribution in [0.5, 0.6) is 0 Å². The fourth-order valence-corrected chi connectivity index (χ4v) is 5.64. The summed E-state index contributed by atoms with van der Waals surface area (Å²) in [7, 11) is 0. The Morgan fingerprint density at radius 1 is 1.00 bits per heavy atom. The Hall–Kier alpha value is -3.24. The third kappa shape index (κ3) is 5.40. The monoisotopic (exact) mass is 497 g/mol. The van der Waals surface area contributed by atoms with Crippen molar-refractivity contribution in [3.63, 3.8) is 0 Å². The van der Waals surface area contributed by atoms with Crippen LogP contribution in [0.25, 0.3) is 17.3 Å². The molecule has 4 rings (SSSR count). The van der Waals surface area contributed by atoms with E-state index in [2.05, 4.69) is 89.0 Å². The van der Waals surface area contributed by atoms with Crippen molar-refractivity contribution in [3.8, 4) is 11.3 Å². The van der Waals surface area contributed by atoms with Crippen LogP contribution < -0.4 is 0 Å². The second kappa shape index (κ2) is 10.6. The van der Waals surface area contributed by atoms with Gasteiger partial charge in [0.05, 0.1) is 18.7 Å². The third-order valence-electron chi connectivity index (χ3n) is 8.23. The summed E-state index contributed by atoms with van der Waals surface area (Å²) >= 11 is 0. The van der Waals surface area contributed by atoms with Crippen LogP contribution in [0.15, 0.2) is 54.7 Å². The lowest BCUT2D eigenvalue weighted by Crippen LogP contribution is -2.26. The number of aryl methyl sites for hydroxylation is 3. The Bertz CT molecular complexity index is 1290. The lowest BCUT2D eigenvalue weighted by atomic mass is 9.69. The summed E-state index contributed by atoms with van der Waals surface area (Å²) in [5, 5.41) is 9.06. The zero-order valence-electron chi connectivity index (χ0n) is 23.0. The van der Waals surface area contributed by atoms with E-state index in [1.165, 1.54) is 33.4 Å². The minimum Gasteiger partial charge on any atom is -0.481 e. The van der Waals surface area contributed by atoms with Crippen molar-refractivity contribution >= 4 is 12.0 Å². The highest BCUT2D eigenvalue weighted by atomic mass is 16.6. The number of aliphatic carboxylic acids is 1. The zero-order valence-corrected chi connectivity index (χ0v) is 23.0. The van der Waals surface area contributed by atoms with Gasteiger partial charge in [-0.25, -0.2) is 0 Å². The van der Waals surface area contributed by atoms with Gasteiger partial charge in [-0.15, -0.1) is 0 Å². The molecule has 2 heterocycles. The standard InChI is InChI=1S/C33H39NO3/c1-7-32(21-37-32)15-14-26-11-12-27(16-22(26)4)33(8-2,9-3)28-17-23(5)31(24(6)18-28)29-13-10-25(20-34-29)19-30(35)36/h10-18,20H,7-9,19,21H2,1-6H3,(H,35,36)/b15-14+. The molecule has 0 amide bonds. The number of ether oxygens (including phenoxy) is 1. The Morgan fingerprint density at radius 3 is 2.14 bits per heavy atom. The van der Waals surface area contributed by atoms with Gasteiger partial charge in [0.1, 0.15) is 5.60 Å². The van der Waals surface area contributed by atoms with Crippen molar-refractivity contribution < 1.29 is 14.6 Å². The van der Waals surface area contributed by atoms with E-state index in [0.29, 0.717) is 5.56 Å². The van der Waals surface area contributed by atoms with Gasteiger partial charge >= 0.3 is 5.97 Å². The molecule has 1 aliphatic heterocycles. The van der Waals surface area contributed by atoms with Gasteiger partial charge in [0.25, 0.3) is 0 Å². The Labute approximate surface area is 221 Å². The van der Waals surface area contributed by atoms with Crippen molar-refractivity contribution in [3.05, 3.63) is 93.7 Å². The van der Waals surface area contributed by atoms with Crippen molar-refractivity contribution in [2.75, 3.05) is 6.61 Å². The van der Waals surface area contributed by atoms with Crippen LogP contribution in [0.4, 0.5) is 0 Å². The third-order valence-corrected chi connectivity index (χ3v) is 8.23. The number of pyridine rings is 1. The van der Waals surface area contributed by atoms with E-state index in [-0.39, 0.29) is 17.4 Å². The first kappa shape index (κ1) is 26.8. The summed E-state index contributed by atoms with van der Waals surface area (Å²) in [6.07, 6.45) is 9.11. The van der Waals surface area contributed by atoms with Crippen LogP contribution in [0.3, 0.4) is 0 Å². The molecule has 0 radical (unpaired) electrons. The largest absolute Gasteiger partial charge is 0.481 e. The number of carboxylic acids is 1. The lowest BCUT2D eigenvalue weighted by molar-refractivity contribution is -0.136. The average molecular weight is 498 g/mol. The number of benzene rings is 2. The molecule has 1 aliphatic rings. The number of carbonyl (C=O) groups is 1. The molecule has 0 bridgehead atoms. The van der Waals surface area contributed by atoms with E-state index >= 15 is 0 Å². The first-order valence-corrected chi connectivity index (χ1v) is 13.4. The van der Waals surface area contributed by atoms with Gasteiger partial charge in [-0.3, -0.25) is 9.78 Å². The topological polar surface area (TPSA) is 62.7 Å². The maximum absolute atomic E-state index is 11.0. The number of nitrogens with zero attached hydrogens (tertiary/aromatic N) is 1. The Kier molecular flexibility index (Phi) is 7.70. The minimum absolute atomic E-state index is 0.0129. The predicted octanol–water partition coefficient (Wildman–Crippen LogP) is 7.60. The van der Waals surface area contributed by atoms with Crippen LogP contribution in [0, 0.1) is 20.8 Å². The summed E-state index contributed by atoms with van der Waals surface area (Å²) in [5.74, 6) is -0.845. The molecule has 4 heteroatoms. The van der Waals surface area contributed by atoms with E-state index in [1.807, 2.05) is 12.1 Å². The number of rotatable bonds is 10. The highest BCUT2D eigenvalue weighted by Crippen LogP contribution is 2.42. The molecule has 37 heavy (non-hydrogen) atoms. The van der Waals surface area contributed by atoms with Gasteiger partial charge < -0.3 is 9.84 Å². The maximum atomic E-state index is 11.0. The van der Waals surface area contributed by atoms with Crippen LogP contribution in [-0.4, -0.2) is 28.3 Å². The number of hydrogen-bond donors (Lipinski definition) is 1. The summed E-state index contributed by atoms with van der Waals surface area (Å²) < 4.78 is 5.65. The highest BCUT2D eigenvalue weighted by molar-refractivity contribution is 5.72. The molecule has 0 spiro atoms. The second-order valence-corrected chi connectivity index (χ2v) is 10.5. The molecule has 1 unspecified atom stereocenters. The van der Waals surface area contributed by atoms with Gasteiger partial charge in [-0.1, -0.05) is 63.2 Å². The smallest absolute Gasteiger partial charge is 0.307 e. The summed E-state index contributed by atoms with van der Waals surface area (Å²) in [6.45, 7) is 14.1. The molecule has 1 N–H and O–H groups in total. The van der Waals surface area contributed by atoms with Crippen molar-refractivity contribution in [2.24, 2.45) is 0 Å². The minimum atomic E-state index is -0.845. The molecule has 1 saturated heterocycles. The molecular weight excluding hydrogens is 458 g/mol. The quantitative estimate of drug-likeness (QED) is 0.293. The van der Waals surface area contributed by atoms with Crippen LogP contribution in [0.1, 0.15) is 79.0 Å². The molecule has 0 saturated carbocycles. The fourth-order valence-electron chi connectivity index (χ4n) is 5.64. The fraction of sp³-hybridized carbons (Fsp3) is 0.394. The molecule has 1 aromatic heterocycles. The molecule has 194 valence electrons. The first-order chi connectivity index (χ1) is 17.7. The van der Waals surface area contributed by atoms with Crippen LogP contribution >= 0.6 is 0 Å². The van der Waals surface area contributed by atoms with Crippen LogP contribution in [-0.2, 0) is 21.4 Å². The zero-order chi connectivity index (χ0) is 26.8. The van der Waals surface area contributed by atoms with Gasteiger partial charge in [0.2, 0.25) is 0 Å². The summed E-state index contributed by atoms with van der Waals surface area (Å²) in [5.41, 5.74) is 10.2. The van der Waals surface area contributed by atoms with E-state index in [1.54, 1.807) is 6.20 Å². The lowest BCUT2D eigenvalue weighted by Gasteiger charge is -2.35. The van der Waals surface area contributed by atoms with Crippen molar-refractivity contribution in [2.45, 2.75) is 78.2 Å². The van der Waals surface area contributed by atoms with Gasteiger partial charge in [0.15, 0.2) is 0 Å². The first-order valence-electron chi connectivity index (χ1n) is 13.4. The highest BCUT2D eigenvalue weighted by Gasteiger charge is 2.39. The van der Waals surface area contributed by atoms with E-state index in [4.69, 9.17) is 9.84 Å². The maximum Gasteiger partial charge on any atom is 0.307 e. The van der Waals surface area contributed by atoms with Crippen molar-refractivity contribution in [1.29, 1.82) is 0 Å². The average Bonchev–Trinajstić information content (AvgIpc) is 3.65. The van der Waals surface area contributed by atoms with Gasteiger partial charge in [0, 0.05) is 17.2 Å². The predicted molar refractivity (Wildman–Crippen MR) is 151 cm³/mol. The summed E-state index contributed by atoms with van der Waals surface area (Å²) in [6, 6.07) is 15.4. The number of aromatic nitrogens is 1.